The summed E-state index contributed by atoms with van der Waals surface area (Å²) in [5.41, 5.74) is 1.20. The molecule has 1 atom stereocenters. The van der Waals surface area contributed by atoms with E-state index in [9.17, 15) is 4.39 Å². The second-order valence-electron chi connectivity index (χ2n) is 4.22. The molecular weight excluding hydrogens is 251 g/mol. The summed E-state index contributed by atoms with van der Waals surface area (Å²) in [6.45, 7) is 1.99. The molecule has 2 aromatic rings. The molecule has 0 radical (unpaired) electrons. The molecule has 0 saturated heterocycles. The zero-order chi connectivity index (χ0) is 13.0. The van der Waals surface area contributed by atoms with E-state index in [-0.39, 0.29) is 11.9 Å². The van der Waals surface area contributed by atoms with Crippen LogP contribution >= 0.6 is 11.6 Å². The fourth-order valence-corrected chi connectivity index (χ4v) is 1.92. The number of aromatic nitrogens is 1. The van der Waals surface area contributed by atoms with Gasteiger partial charge in [-0.15, -0.1) is 0 Å². The van der Waals surface area contributed by atoms with Gasteiger partial charge in [0.2, 0.25) is 0 Å². The van der Waals surface area contributed by atoms with E-state index in [2.05, 4.69) is 10.3 Å². The molecule has 18 heavy (non-hydrogen) atoms. The maximum atomic E-state index is 13.5. The van der Waals surface area contributed by atoms with Crippen LogP contribution in [-0.4, -0.2) is 11.0 Å². The molecule has 1 N–H and O–H groups in total. The molecule has 1 heterocycles. The van der Waals surface area contributed by atoms with Crippen LogP contribution in [0.4, 0.5) is 10.2 Å². The molecule has 4 heteroatoms. The van der Waals surface area contributed by atoms with Crippen molar-refractivity contribution < 1.29 is 4.39 Å². The summed E-state index contributed by atoms with van der Waals surface area (Å²) < 4.78 is 13.5. The summed E-state index contributed by atoms with van der Waals surface area (Å²) in [6.07, 6.45) is 2.24. The van der Waals surface area contributed by atoms with E-state index in [1.165, 1.54) is 17.8 Å². The van der Waals surface area contributed by atoms with Gasteiger partial charge in [0.25, 0.3) is 0 Å². The maximum Gasteiger partial charge on any atom is 0.166 e. The Hall–Kier alpha value is -1.61. The van der Waals surface area contributed by atoms with Crippen molar-refractivity contribution in [2.45, 2.75) is 19.4 Å². The SMILES string of the molecule is CC(Cc1ccccc1)Nc1ncc(Cl)cc1F. The summed E-state index contributed by atoms with van der Waals surface area (Å²) >= 11 is 5.65. The number of nitrogens with zero attached hydrogens (tertiary/aromatic N) is 1. The van der Waals surface area contributed by atoms with E-state index in [1.807, 2.05) is 37.3 Å². The molecule has 0 saturated carbocycles. The van der Waals surface area contributed by atoms with Gasteiger partial charge in [-0.05, 0) is 25.0 Å². The lowest BCUT2D eigenvalue weighted by molar-refractivity contribution is 0.619. The van der Waals surface area contributed by atoms with Crippen LogP contribution in [0.3, 0.4) is 0 Å². The highest BCUT2D eigenvalue weighted by molar-refractivity contribution is 6.30. The standard InChI is InChI=1S/C14H14ClFN2/c1-10(7-11-5-3-2-4-6-11)18-14-13(16)8-12(15)9-17-14/h2-6,8-10H,7H2,1H3,(H,17,18). The zero-order valence-electron chi connectivity index (χ0n) is 10.0. The summed E-state index contributed by atoms with van der Waals surface area (Å²) in [7, 11) is 0. The van der Waals surface area contributed by atoms with Crippen molar-refractivity contribution in [1.82, 2.24) is 4.98 Å². The highest BCUT2D eigenvalue weighted by Crippen LogP contribution is 2.17. The number of rotatable bonds is 4. The van der Waals surface area contributed by atoms with E-state index >= 15 is 0 Å². The molecule has 2 nitrogen and oxygen atoms in total. The van der Waals surface area contributed by atoms with Crippen LogP contribution in [-0.2, 0) is 6.42 Å². The first-order chi connectivity index (χ1) is 8.65. The minimum atomic E-state index is -0.428. The summed E-state index contributed by atoms with van der Waals surface area (Å²) in [4.78, 5) is 3.94. The number of hydrogen-bond donors (Lipinski definition) is 1. The van der Waals surface area contributed by atoms with Crippen molar-refractivity contribution in [2.75, 3.05) is 5.32 Å². The molecule has 0 aliphatic rings. The zero-order valence-corrected chi connectivity index (χ0v) is 10.8. The van der Waals surface area contributed by atoms with Crippen molar-refractivity contribution in [3.8, 4) is 0 Å². The van der Waals surface area contributed by atoms with Crippen molar-refractivity contribution in [2.24, 2.45) is 0 Å². The molecule has 1 aromatic heterocycles. The Morgan fingerprint density at radius 1 is 1.33 bits per heavy atom. The van der Waals surface area contributed by atoms with Crippen LogP contribution in [0.25, 0.3) is 0 Å². The normalized spacial score (nSPS) is 12.2. The number of anilines is 1. The Bertz CT molecular complexity index is 516. The summed E-state index contributed by atoms with van der Waals surface area (Å²) in [5, 5.41) is 3.34. The number of halogens is 2. The first-order valence-electron chi connectivity index (χ1n) is 5.76. The van der Waals surface area contributed by atoms with E-state index in [1.54, 1.807) is 0 Å². The Kier molecular flexibility index (Phi) is 4.15. The van der Waals surface area contributed by atoms with Crippen molar-refractivity contribution in [1.29, 1.82) is 0 Å². The van der Waals surface area contributed by atoms with Crippen LogP contribution < -0.4 is 5.32 Å². The predicted octanol–water partition coefficient (Wildman–Crippen LogP) is 3.92. The van der Waals surface area contributed by atoms with Gasteiger partial charge in [-0.3, -0.25) is 0 Å². The van der Waals surface area contributed by atoms with E-state index in [4.69, 9.17) is 11.6 Å². The number of pyridine rings is 1. The number of benzene rings is 1. The first-order valence-corrected chi connectivity index (χ1v) is 6.14. The third kappa shape index (κ3) is 3.44. The highest BCUT2D eigenvalue weighted by Gasteiger charge is 2.08. The second-order valence-corrected chi connectivity index (χ2v) is 4.66. The lowest BCUT2D eigenvalue weighted by Gasteiger charge is -2.15. The van der Waals surface area contributed by atoms with E-state index in [0.717, 1.165) is 6.42 Å². The van der Waals surface area contributed by atoms with Crippen LogP contribution in [0.5, 0.6) is 0 Å². The fraction of sp³-hybridized carbons (Fsp3) is 0.214. The van der Waals surface area contributed by atoms with Gasteiger partial charge in [-0.25, -0.2) is 9.37 Å². The van der Waals surface area contributed by atoms with Crippen LogP contribution in [0.2, 0.25) is 5.02 Å². The smallest absolute Gasteiger partial charge is 0.166 e. The third-order valence-corrected chi connectivity index (χ3v) is 2.78. The molecular formula is C14H14ClFN2. The Morgan fingerprint density at radius 2 is 2.06 bits per heavy atom. The number of hydrogen-bond acceptors (Lipinski definition) is 2. The van der Waals surface area contributed by atoms with Gasteiger partial charge in [0.05, 0.1) is 5.02 Å². The molecule has 0 aliphatic heterocycles. The molecule has 94 valence electrons. The topological polar surface area (TPSA) is 24.9 Å². The molecule has 1 unspecified atom stereocenters. The lowest BCUT2D eigenvalue weighted by Crippen LogP contribution is -2.19. The molecule has 0 spiro atoms. The molecule has 2 rings (SSSR count). The van der Waals surface area contributed by atoms with Crippen molar-refractivity contribution in [3.05, 3.63) is 59.0 Å². The monoisotopic (exact) mass is 264 g/mol. The second kappa shape index (κ2) is 5.83. The fourth-order valence-electron chi connectivity index (χ4n) is 1.77. The van der Waals surface area contributed by atoms with Gasteiger partial charge in [0.1, 0.15) is 0 Å². The van der Waals surface area contributed by atoms with Crippen LogP contribution in [0.1, 0.15) is 12.5 Å². The quantitative estimate of drug-likeness (QED) is 0.905. The molecule has 0 fully saturated rings. The summed E-state index contributed by atoms with van der Waals surface area (Å²) in [6, 6.07) is 11.4. The maximum absolute atomic E-state index is 13.5. The first kappa shape index (κ1) is 12.8. The van der Waals surface area contributed by atoms with Gasteiger partial charge in [-0.2, -0.15) is 0 Å². The largest absolute Gasteiger partial charge is 0.365 e. The van der Waals surface area contributed by atoms with Crippen molar-refractivity contribution in [3.63, 3.8) is 0 Å². The van der Waals surface area contributed by atoms with Gasteiger partial charge in [0.15, 0.2) is 11.6 Å². The highest BCUT2D eigenvalue weighted by atomic mass is 35.5. The average molecular weight is 265 g/mol. The van der Waals surface area contributed by atoms with Crippen LogP contribution in [0.15, 0.2) is 42.6 Å². The number of nitrogens with one attached hydrogen (secondary N) is 1. The van der Waals surface area contributed by atoms with Crippen molar-refractivity contribution >= 4 is 17.4 Å². The van der Waals surface area contributed by atoms with E-state index < -0.39 is 5.82 Å². The van der Waals surface area contributed by atoms with Crippen LogP contribution in [0, 0.1) is 5.82 Å². The third-order valence-electron chi connectivity index (χ3n) is 2.58. The lowest BCUT2D eigenvalue weighted by atomic mass is 10.1. The van der Waals surface area contributed by atoms with Gasteiger partial charge < -0.3 is 5.32 Å². The molecule has 0 aliphatic carbocycles. The summed E-state index contributed by atoms with van der Waals surface area (Å²) in [5.74, 6) is -0.190. The van der Waals surface area contributed by atoms with Gasteiger partial charge in [0, 0.05) is 12.2 Å². The Labute approximate surface area is 111 Å². The predicted molar refractivity (Wildman–Crippen MR) is 72.4 cm³/mol. The molecule has 0 amide bonds. The minimum Gasteiger partial charge on any atom is -0.365 e. The Morgan fingerprint density at radius 3 is 2.72 bits per heavy atom. The molecule has 1 aromatic carbocycles. The van der Waals surface area contributed by atoms with E-state index in [0.29, 0.717) is 5.02 Å². The Balaban J connectivity index is 2.01. The van der Waals surface area contributed by atoms with Gasteiger partial charge >= 0.3 is 0 Å². The molecule has 0 bridgehead atoms. The van der Waals surface area contributed by atoms with Gasteiger partial charge in [-0.1, -0.05) is 41.9 Å². The average Bonchev–Trinajstić information content (AvgIpc) is 2.34. The minimum absolute atomic E-state index is 0.0931.